The third-order valence-electron chi connectivity index (χ3n) is 3.72. The first-order chi connectivity index (χ1) is 13.5. The molecule has 0 unspecified atom stereocenters. The van der Waals surface area contributed by atoms with Crippen LogP contribution in [0.5, 0.6) is 5.75 Å². The van der Waals surface area contributed by atoms with E-state index in [2.05, 4.69) is 35.0 Å². The van der Waals surface area contributed by atoms with Gasteiger partial charge in [-0.05, 0) is 23.1 Å². The van der Waals surface area contributed by atoms with Gasteiger partial charge in [-0.15, -0.1) is 11.3 Å². The molecule has 1 saturated heterocycles. The number of para-hydroxylation sites is 1. The second-order valence-electron chi connectivity index (χ2n) is 5.88. The van der Waals surface area contributed by atoms with E-state index in [1.165, 1.54) is 10.4 Å². The molecule has 3 rings (SSSR count). The third-order valence-corrected chi connectivity index (χ3v) is 4.59. The van der Waals surface area contributed by atoms with Crippen LogP contribution in [0, 0.1) is 0 Å². The van der Waals surface area contributed by atoms with E-state index in [9.17, 15) is 9.59 Å². The van der Waals surface area contributed by atoms with Gasteiger partial charge in [-0.25, -0.2) is 9.59 Å². The minimum absolute atomic E-state index is 0.151. The van der Waals surface area contributed by atoms with Crippen molar-refractivity contribution in [3.8, 4) is 5.75 Å². The Hall–Kier alpha value is -2.68. The van der Waals surface area contributed by atoms with Crippen molar-refractivity contribution in [3.63, 3.8) is 0 Å². The van der Waals surface area contributed by atoms with Crippen LogP contribution in [0.1, 0.15) is 10.4 Å². The summed E-state index contributed by atoms with van der Waals surface area (Å²) in [6, 6.07) is 12.5. The first kappa shape index (κ1) is 21.6. The lowest BCUT2D eigenvalue weighted by molar-refractivity contribution is -0.134. The molecule has 2 heterocycles. The van der Waals surface area contributed by atoms with E-state index in [1.54, 1.807) is 11.3 Å². The molecule has 0 saturated carbocycles. The molecule has 0 bridgehead atoms. The van der Waals surface area contributed by atoms with Crippen molar-refractivity contribution in [2.45, 2.75) is 12.5 Å². The van der Waals surface area contributed by atoms with Crippen LogP contribution < -0.4 is 10.1 Å². The summed E-state index contributed by atoms with van der Waals surface area (Å²) in [5.41, 5.74) is 1.23. The fourth-order valence-corrected chi connectivity index (χ4v) is 3.17. The number of carboxylic acid groups (broad SMARTS) is 2. The van der Waals surface area contributed by atoms with E-state index >= 15 is 0 Å². The smallest absolute Gasteiger partial charge is 0.328 e. The highest BCUT2D eigenvalue weighted by molar-refractivity contribution is 7.09. The van der Waals surface area contributed by atoms with Crippen molar-refractivity contribution >= 4 is 23.3 Å². The SMILES string of the molecule is O=C(O)/C=C\C(=O)O.c1csc(Cc2ccccc2OC[C@H]2CNCCO2)c1. The van der Waals surface area contributed by atoms with Crippen LogP contribution in [0.2, 0.25) is 0 Å². The van der Waals surface area contributed by atoms with Crippen LogP contribution in [-0.4, -0.2) is 54.6 Å². The summed E-state index contributed by atoms with van der Waals surface area (Å²) in [5, 5.41) is 21.1. The summed E-state index contributed by atoms with van der Waals surface area (Å²) in [4.78, 5) is 20.5. The van der Waals surface area contributed by atoms with Gasteiger partial charge in [0.25, 0.3) is 0 Å². The standard InChI is InChI=1S/C16H19NO2S.C4H4O4/c1-2-6-16(19-12-14-11-17-7-8-18-14)13(4-1)10-15-5-3-9-20-15;5-3(6)1-2-4(7)8/h1-6,9,14,17H,7-8,10-12H2;1-2H,(H,5,6)(H,7,8)/b;2-1-/t14-;/m1./s1. The van der Waals surface area contributed by atoms with Crippen LogP contribution in [0.15, 0.2) is 53.9 Å². The van der Waals surface area contributed by atoms with Crippen LogP contribution in [0.4, 0.5) is 0 Å². The lowest BCUT2D eigenvalue weighted by Crippen LogP contribution is -2.41. The monoisotopic (exact) mass is 405 g/mol. The fraction of sp³-hybridized carbons (Fsp3) is 0.300. The molecule has 3 N–H and O–H groups in total. The molecule has 1 fully saturated rings. The number of rotatable bonds is 7. The van der Waals surface area contributed by atoms with Crippen molar-refractivity contribution in [1.82, 2.24) is 5.32 Å². The molecule has 1 aliphatic heterocycles. The number of thiophene rings is 1. The summed E-state index contributed by atoms with van der Waals surface area (Å²) in [5.74, 6) is -1.55. The second-order valence-corrected chi connectivity index (χ2v) is 6.91. The number of hydrogen-bond donors (Lipinski definition) is 3. The molecule has 1 aromatic carbocycles. The van der Waals surface area contributed by atoms with Crippen molar-refractivity contribution in [2.24, 2.45) is 0 Å². The highest BCUT2D eigenvalue weighted by Gasteiger charge is 2.14. The fourth-order valence-electron chi connectivity index (χ4n) is 2.44. The summed E-state index contributed by atoms with van der Waals surface area (Å²) in [7, 11) is 0. The van der Waals surface area contributed by atoms with Gasteiger partial charge in [-0.2, -0.15) is 0 Å². The average Bonchev–Trinajstić information content (AvgIpc) is 3.20. The summed E-state index contributed by atoms with van der Waals surface area (Å²) in [6.07, 6.45) is 2.20. The number of carboxylic acids is 2. The van der Waals surface area contributed by atoms with Crippen LogP contribution in [-0.2, 0) is 20.7 Å². The molecule has 28 heavy (non-hydrogen) atoms. The van der Waals surface area contributed by atoms with Gasteiger partial charge in [0.1, 0.15) is 18.5 Å². The highest BCUT2D eigenvalue weighted by Crippen LogP contribution is 2.23. The molecule has 2 aromatic rings. The Morgan fingerprint density at radius 2 is 1.93 bits per heavy atom. The third kappa shape index (κ3) is 8.34. The van der Waals surface area contributed by atoms with E-state index in [0.29, 0.717) is 18.8 Å². The number of ether oxygens (including phenoxy) is 2. The first-order valence-corrected chi connectivity index (χ1v) is 9.62. The Bertz CT molecular complexity index is 753. The molecule has 0 amide bonds. The zero-order chi connectivity index (χ0) is 20.2. The maximum Gasteiger partial charge on any atom is 0.328 e. The molecule has 0 aliphatic carbocycles. The average molecular weight is 405 g/mol. The number of nitrogens with one attached hydrogen (secondary N) is 1. The Balaban J connectivity index is 0.000000300. The van der Waals surface area contributed by atoms with Gasteiger partial charge in [0, 0.05) is 36.5 Å². The van der Waals surface area contributed by atoms with Crippen LogP contribution in [0.25, 0.3) is 0 Å². The predicted molar refractivity (Wildman–Crippen MR) is 106 cm³/mol. The molecule has 1 atom stereocenters. The normalized spacial score (nSPS) is 16.2. The van der Waals surface area contributed by atoms with E-state index in [0.717, 1.165) is 31.9 Å². The van der Waals surface area contributed by atoms with Gasteiger partial charge in [0.2, 0.25) is 0 Å². The van der Waals surface area contributed by atoms with Crippen molar-refractivity contribution in [1.29, 1.82) is 0 Å². The maximum absolute atomic E-state index is 9.55. The number of benzene rings is 1. The zero-order valence-electron chi connectivity index (χ0n) is 15.2. The van der Waals surface area contributed by atoms with Gasteiger partial charge < -0.3 is 25.0 Å². The Kier molecular flexibility index (Phi) is 9.20. The molecule has 1 aliphatic rings. The number of carbonyl (C=O) groups is 2. The maximum atomic E-state index is 9.55. The molecule has 0 spiro atoms. The Labute approximate surface area is 167 Å². The van der Waals surface area contributed by atoms with E-state index in [-0.39, 0.29) is 6.10 Å². The molecule has 0 radical (unpaired) electrons. The van der Waals surface area contributed by atoms with E-state index in [4.69, 9.17) is 19.7 Å². The largest absolute Gasteiger partial charge is 0.491 e. The first-order valence-electron chi connectivity index (χ1n) is 8.74. The van der Waals surface area contributed by atoms with Gasteiger partial charge in [-0.3, -0.25) is 0 Å². The molecular weight excluding hydrogens is 382 g/mol. The zero-order valence-corrected chi connectivity index (χ0v) is 16.1. The van der Waals surface area contributed by atoms with Crippen molar-refractivity contribution in [3.05, 3.63) is 64.4 Å². The predicted octanol–water partition coefficient (Wildman–Crippen LogP) is 2.42. The topological polar surface area (TPSA) is 105 Å². The van der Waals surface area contributed by atoms with Crippen molar-refractivity contribution < 1.29 is 29.3 Å². The quantitative estimate of drug-likeness (QED) is 0.608. The van der Waals surface area contributed by atoms with Crippen molar-refractivity contribution in [2.75, 3.05) is 26.3 Å². The lowest BCUT2D eigenvalue weighted by atomic mass is 10.1. The van der Waals surface area contributed by atoms with Gasteiger partial charge >= 0.3 is 11.9 Å². The molecule has 8 heteroatoms. The van der Waals surface area contributed by atoms with E-state index < -0.39 is 11.9 Å². The van der Waals surface area contributed by atoms with E-state index in [1.807, 2.05) is 12.1 Å². The summed E-state index contributed by atoms with van der Waals surface area (Å²) < 4.78 is 11.6. The van der Waals surface area contributed by atoms with Gasteiger partial charge in [0.15, 0.2) is 0 Å². The number of hydrogen-bond acceptors (Lipinski definition) is 6. The molecule has 150 valence electrons. The summed E-state index contributed by atoms with van der Waals surface area (Å²) in [6.45, 7) is 3.18. The number of morpholine rings is 1. The number of aliphatic carboxylic acids is 2. The van der Waals surface area contributed by atoms with Crippen LogP contribution >= 0.6 is 11.3 Å². The molecule has 7 nitrogen and oxygen atoms in total. The second kappa shape index (κ2) is 11.9. The highest BCUT2D eigenvalue weighted by atomic mass is 32.1. The minimum atomic E-state index is -1.26. The minimum Gasteiger partial charge on any atom is -0.491 e. The lowest BCUT2D eigenvalue weighted by Gasteiger charge is -2.24. The molecule has 1 aromatic heterocycles. The summed E-state index contributed by atoms with van der Waals surface area (Å²) >= 11 is 1.78. The Morgan fingerprint density at radius 1 is 1.18 bits per heavy atom. The van der Waals surface area contributed by atoms with Gasteiger partial charge in [0.05, 0.1) is 6.61 Å². The Morgan fingerprint density at radius 3 is 2.54 bits per heavy atom. The molecular formula is C20H23NO6S. The van der Waals surface area contributed by atoms with Gasteiger partial charge in [-0.1, -0.05) is 24.3 Å². The van der Waals surface area contributed by atoms with Crippen LogP contribution in [0.3, 0.4) is 0 Å².